The van der Waals surface area contributed by atoms with Crippen LogP contribution < -0.4 is 26.0 Å². The van der Waals surface area contributed by atoms with Gasteiger partial charge < -0.3 is 26.0 Å². The maximum Gasteiger partial charge on any atom is 0.119 e. The van der Waals surface area contributed by atoms with E-state index < -0.39 is 0 Å². The molecule has 15 aromatic carbocycles. The highest BCUT2D eigenvalue weighted by Crippen LogP contribution is 2.64. The van der Waals surface area contributed by atoms with Gasteiger partial charge in [-0.3, -0.25) is 0 Å². The van der Waals surface area contributed by atoms with E-state index >= 15 is 0 Å². The van der Waals surface area contributed by atoms with Crippen molar-refractivity contribution in [1.82, 2.24) is 0 Å². The standard InChI is InChI=1S/C35H31N.C32H23NO.C25H27N.C20H27N/c1-34(2,3)25-18-20-28(21-19-25)36-29-22-23-31-30-16-10-11-17-32(30)35(33(31)24-29,26-12-6-4-7-13-26)27-14-8-5-9-15-27;1-34-23-17-14-21(15-18-23)33-22-16-19-27-26-10-4-7-13-30(26)32(31(27)20-22)28-11-5-2-8-24(28)25-9-3-6-12-29(25)32;1-24(2,3)17-10-12-18(13-11-17)26-19-14-15-21-20-8-6-7-9-22(20)25(4,5)23(21)16-19;1-19(2,3)15-7-11-17(12-8-15)21-18-13-9-16(10-14-18)20(4,5)6/h4-24,36H,1-3H3;2-20,33H,1H3;6-16,26H,1-5H3;7-14,21H,1-6H3. The number of nitrogens with one attached hydrogen (secondary N) is 4. The van der Waals surface area contributed by atoms with Crippen LogP contribution in [0.1, 0.15) is 175 Å². The first kappa shape index (κ1) is 78.2. The van der Waals surface area contributed by atoms with Gasteiger partial charge in [-0.05, 0) is 253 Å². The molecular weight excluding hydrogens is 1420 g/mol. The van der Waals surface area contributed by atoms with Crippen LogP contribution in [0.2, 0.25) is 0 Å². The van der Waals surface area contributed by atoms with Crippen molar-refractivity contribution in [2.45, 2.75) is 135 Å². The summed E-state index contributed by atoms with van der Waals surface area (Å²) < 4.78 is 5.32. The summed E-state index contributed by atoms with van der Waals surface area (Å²) in [4.78, 5) is 0. The van der Waals surface area contributed by atoms with Crippen molar-refractivity contribution < 1.29 is 4.74 Å². The summed E-state index contributed by atoms with van der Waals surface area (Å²) in [5.41, 5.74) is 38.4. The Morgan fingerprint density at radius 2 is 0.427 bits per heavy atom. The second kappa shape index (κ2) is 31.1. The highest BCUT2D eigenvalue weighted by molar-refractivity contribution is 5.96. The Morgan fingerprint density at radius 1 is 0.205 bits per heavy atom. The van der Waals surface area contributed by atoms with Crippen molar-refractivity contribution >= 4 is 45.5 Å². The number of fused-ring (bicyclic) bond motifs is 16. The average molecular weight is 1530 g/mol. The van der Waals surface area contributed by atoms with Gasteiger partial charge in [0.1, 0.15) is 5.75 Å². The molecule has 0 aliphatic heterocycles. The fourth-order valence-electron chi connectivity index (χ4n) is 18.0. The van der Waals surface area contributed by atoms with E-state index in [4.69, 9.17) is 4.74 Å². The average Bonchev–Trinajstić information content (AvgIpc) is 1.51. The van der Waals surface area contributed by atoms with Gasteiger partial charge in [0.25, 0.3) is 0 Å². The number of hydrogen-bond acceptors (Lipinski definition) is 5. The SMILES string of the molecule is CC(C)(C)c1ccc(Nc2ccc(C(C)(C)C)cc2)cc1.CC(C)(C)c1ccc(Nc2ccc3c(c2)C(C)(C)c2ccccc2-3)cc1.CC(C)(C)c1ccc(Nc2ccc3c(c2)C(c2ccccc2)(c2ccccc2)c2ccccc2-3)cc1.COc1ccc(Nc2ccc3c(c2)C2(c4ccccc4-c4ccccc42)c2ccccc2-3)cc1. The zero-order chi connectivity index (χ0) is 81.7. The van der Waals surface area contributed by atoms with E-state index in [1.165, 1.54) is 122 Å². The van der Waals surface area contributed by atoms with Crippen LogP contribution in [0.4, 0.5) is 45.5 Å². The van der Waals surface area contributed by atoms with Crippen LogP contribution in [0.15, 0.2) is 358 Å². The maximum absolute atomic E-state index is 5.32. The van der Waals surface area contributed by atoms with Crippen LogP contribution in [-0.2, 0) is 37.9 Å². The molecule has 117 heavy (non-hydrogen) atoms. The molecule has 0 atom stereocenters. The topological polar surface area (TPSA) is 57.3 Å². The predicted molar refractivity (Wildman–Crippen MR) is 497 cm³/mol. The number of benzene rings is 15. The Balaban J connectivity index is 0.000000119. The number of anilines is 8. The maximum atomic E-state index is 5.32. The second-order valence-corrected chi connectivity index (χ2v) is 36.4. The molecule has 15 aromatic rings. The summed E-state index contributed by atoms with van der Waals surface area (Å²) >= 11 is 0. The lowest BCUT2D eigenvalue weighted by Gasteiger charge is -2.34. The third-order valence-corrected chi connectivity index (χ3v) is 24.3. The summed E-state index contributed by atoms with van der Waals surface area (Å²) in [5.74, 6) is 0.855. The Bertz CT molecular complexity index is 5910. The zero-order valence-corrected chi connectivity index (χ0v) is 70.5. The molecule has 5 heteroatoms. The normalized spacial score (nSPS) is 13.6. The summed E-state index contributed by atoms with van der Waals surface area (Å²) in [5, 5.41) is 14.3. The minimum absolute atomic E-state index is 0.0414. The molecule has 1 spiro atoms. The van der Waals surface area contributed by atoms with Gasteiger partial charge in [0.15, 0.2) is 0 Å². The van der Waals surface area contributed by atoms with Crippen LogP contribution in [0.3, 0.4) is 0 Å². The van der Waals surface area contributed by atoms with Crippen molar-refractivity contribution in [3.05, 3.63) is 436 Å². The summed E-state index contributed by atoms with van der Waals surface area (Å²) in [6.45, 7) is 31.5. The number of rotatable bonds is 11. The molecule has 0 radical (unpaired) electrons. The molecule has 0 aromatic heterocycles. The fourth-order valence-corrected chi connectivity index (χ4v) is 18.0. The van der Waals surface area contributed by atoms with E-state index in [0.717, 1.165) is 51.2 Å². The van der Waals surface area contributed by atoms with E-state index in [1.54, 1.807) is 7.11 Å². The van der Waals surface area contributed by atoms with E-state index in [9.17, 15) is 0 Å². The molecule has 0 heterocycles. The van der Waals surface area contributed by atoms with Crippen LogP contribution in [0.5, 0.6) is 5.75 Å². The van der Waals surface area contributed by atoms with E-state index in [2.05, 4.69) is 464 Å². The smallest absolute Gasteiger partial charge is 0.119 e. The van der Waals surface area contributed by atoms with Crippen molar-refractivity contribution in [3.8, 4) is 50.3 Å². The number of hydrogen-bond donors (Lipinski definition) is 4. The highest BCUT2D eigenvalue weighted by Gasteiger charge is 2.52. The first-order valence-electron chi connectivity index (χ1n) is 41.4. The predicted octanol–water partition coefficient (Wildman–Crippen LogP) is 29.9. The van der Waals surface area contributed by atoms with Gasteiger partial charge in [-0.15, -0.1) is 0 Å². The number of methoxy groups -OCH3 is 1. The Kier molecular flexibility index (Phi) is 20.8. The van der Waals surface area contributed by atoms with Crippen molar-refractivity contribution in [2.24, 2.45) is 0 Å². The molecule has 0 amide bonds. The van der Waals surface area contributed by atoms with E-state index in [0.29, 0.717) is 0 Å². The van der Waals surface area contributed by atoms with Gasteiger partial charge in [0, 0.05) is 50.9 Å². The van der Waals surface area contributed by atoms with Crippen LogP contribution in [0.25, 0.3) is 44.5 Å². The molecule has 0 saturated heterocycles. The summed E-state index contributed by atoms with van der Waals surface area (Å²) in [6.07, 6.45) is 0. The Morgan fingerprint density at radius 3 is 0.735 bits per heavy atom. The highest BCUT2D eigenvalue weighted by atomic mass is 16.5. The lowest BCUT2D eigenvalue weighted by atomic mass is 9.67. The van der Waals surface area contributed by atoms with Gasteiger partial charge in [0.05, 0.1) is 17.9 Å². The van der Waals surface area contributed by atoms with Gasteiger partial charge >= 0.3 is 0 Å². The summed E-state index contributed by atoms with van der Waals surface area (Å²) in [6, 6.07) is 130. The van der Waals surface area contributed by atoms with E-state index in [-0.39, 0.29) is 37.9 Å². The van der Waals surface area contributed by atoms with Gasteiger partial charge in [-0.25, -0.2) is 0 Å². The van der Waals surface area contributed by atoms with Crippen molar-refractivity contribution in [3.63, 3.8) is 0 Å². The van der Waals surface area contributed by atoms with Crippen molar-refractivity contribution in [1.29, 1.82) is 0 Å². The first-order valence-corrected chi connectivity index (χ1v) is 41.4. The quantitative estimate of drug-likeness (QED) is 0.104. The molecular formula is C112H108N4O. The number of ether oxygens (including phenoxy) is 1. The van der Waals surface area contributed by atoms with Crippen LogP contribution in [0, 0.1) is 0 Å². The first-order chi connectivity index (χ1) is 56.2. The minimum Gasteiger partial charge on any atom is -0.497 e. The minimum atomic E-state index is -0.373. The van der Waals surface area contributed by atoms with Crippen LogP contribution in [-0.4, -0.2) is 7.11 Å². The second-order valence-electron chi connectivity index (χ2n) is 36.4. The zero-order valence-electron chi connectivity index (χ0n) is 70.5. The van der Waals surface area contributed by atoms with Gasteiger partial charge in [-0.1, -0.05) is 346 Å². The lowest BCUT2D eigenvalue weighted by molar-refractivity contribution is 0.415. The molecule has 582 valence electrons. The van der Waals surface area contributed by atoms with Gasteiger partial charge in [-0.2, -0.15) is 0 Å². The molecule has 5 nitrogen and oxygen atoms in total. The molecule has 0 unspecified atom stereocenters. The summed E-state index contributed by atoms with van der Waals surface area (Å²) in [7, 11) is 1.69. The Hall–Kier alpha value is -12.7. The fraction of sp³-hybridized carbons (Fsp3) is 0.196. The van der Waals surface area contributed by atoms with E-state index in [1.807, 2.05) is 12.1 Å². The molecule has 0 bridgehead atoms. The monoisotopic (exact) mass is 1520 g/mol. The lowest BCUT2D eigenvalue weighted by Crippen LogP contribution is -2.28. The third kappa shape index (κ3) is 15.1. The molecule has 4 N–H and O–H groups in total. The molecule has 19 rings (SSSR count). The molecule has 4 aliphatic rings. The molecule has 4 aliphatic carbocycles. The van der Waals surface area contributed by atoms with Gasteiger partial charge in [0.2, 0.25) is 0 Å². The Labute approximate surface area is 695 Å². The third-order valence-electron chi connectivity index (χ3n) is 24.3. The largest absolute Gasteiger partial charge is 0.497 e. The molecule has 0 fully saturated rings. The molecule has 0 saturated carbocycles. The van der Waals surface area contributed by atoms with Crippen LogP contribution >= 0.6 is 0 Å². The van der Waals surface area contributed by atoms with Crippen molar-refractivity contribution in [2.75, 3.05) is 28.4 Å².